The normalized spacial score (nSPS) is 19.7. The van der Waals surface area contributed by atoms with E-state index in [1.165, 1.54) is 6.07 Å². The van der Waals surface area contributed by atoms with E-state index in [0.717, 1.165) is 37.4 Å². The minimum Gasteiger partial charge on any atom is -0.496 e. The van der Waals surface area contributed by atoms with Gasteiger partial charge in [0.05, 0.1) is 7.11 Å². The quantitative estimate of drug-likeness (QED) is 0.856. The Morgan fingerprint density at radius 3 is 2.89 bits per heavy atom. The molecule has 0 spiro atoms. The lowest BCUT2D eigenvalue weighted by molar-refractivity contribution is 0.375. The molecule has 0 aliphatic carbocycles. The number of hydrogen-bond acceptors (Lipinski definition) is 3. The molecule has 1 aromatic rings. The molecule has 1 unspecified atom stereocenters. The van der Waals surface area contributed by atoms with Gasteiger partial charge in [-0.3, -0.25) is 0 Å². The van der Waals surface area contributed by atoms with Crippen molar-refractivity contribution >= 4 is 0 Å². The topological polar surface area (TPSA) is 33.3 Å². The van der Waals surface area contributed by atoms with E-state index in [9.17, 15) is 4.39 Å². The molecule has 1 heterocycles. The maximum atomic E-state index is 13.5. The minimum atomic E-state index is -0.216. The lowest BCUT2D eigenvalue weighted by Crippen LogP contribution is -2.40. The number of methoxy groups -OCH3 is 1. The zero-order valence-electron chi connectivity index (χ0n) is 11.9. The standard InChI is InChI=1S/C15H23FN2O/c1-15(2,10-18-12-6-7-17-9-12)13-8-11(16)4-5-14(13)19-3/h4-5,8,12,17-18H,6-7,9-10H2,1-3H3. The lowest BCUT2D eigenvalue weighted by Gasteiger charge is -2.29. The smallest absolute Gasteiger partial charge is 0.123 e. The molecular weight excluding hydrogens is 243 g/mol. The summed E-state index contributed by atoms with van der Waals surface area (Å²) in [6.45, 7) is 7.11. The third-order valence-corrected chi connectivity index (χ3v) is 3.78. The first-order chi connectivity index (χ1) is 9.03. The molecule has 1 aliphatic rings. The fourth-order valence-electron chi connectivity index (χ4n) is 2.53. The Morgan fingerprint density at radius 2 is 2.26 bits per heavy atom. The fraction of sp³-hybridized carbons (Fsp3) is 0.600. The van der Waals surface area contributed by atoms with Gasteiger partial charge in [0.2, 0.25) is 0 Å². The average Bonchev–Trinajstić information content (AvgIpc) is 2.89. The van der Waals surface area contributed by atoms with Crippen LogP contribution in [0.2, 0.25) is 0 Å². The number of hydrogen-bond donors (Lipinski definition) is 2. The largest absolute Gasteiger partial charge is 0.496 e. The highest BCUT2D eigenvalue weighted by Gasteiger charge is 2.26. The summed E-state index contributed by atoms with van der Waals surface area (Å²) in [5.41, 5.74) is 0.740. The van der Waals surface area contributed by atoms with Gasteiger partial charge in [-0.2, -0.15) is 0 Å². The molecule has 0 amide bonds. The van der Waals surface area contributed by atoms with Crippen LogP contribution in [0, 0.1) is 5.82 Å². The van der Waals surface area contributed by atoms with E-state index in [1.54, 1.807) is 19.2 Å². The van der Waals surface area contributed by atoms with Crippen LogP contribution in [0.15, 0.2) is 18.2 Å². The maximum absolute atomic E-state index is 13.5. The summed E-state index contributed by atoms with van der Waals surface area (Å²) in [6, 6.07) is 5.22. The molecule has 0 aromatic heterocycles. The summed E-state index contributed by atoms with van der Waals surface area (Å²) in [7, 11) is 1.63. The van der Waals surface area contributed by atoms with Gasteiger partial charge >= 0.3 is 0 Å². The van der Waals surface area contributed by atoms with Gasteiger partial charge in [0.15, 0.2) is 0 Å². The highest BCUT2D eigenvalue weighted by molar-refractivity contribution is 5.39. The van der Waals surface area contributed by atoms with E-state index in [4.69, 9.17) is 4.74 Å². The van der Waals surface area contributed by atoms with Gasteiger partial charge in [-0.1, -0.05) is 13.8 Å². The molecule has 19 heavy (non-hydrogen) atoms. The predicted octanol–water partition coefficient (Wildman–Crippen LogP) is 2.06. The number of ether oxygens (including phenoxy) is 1. The van der Waals surface area contributed by atoms with Crippen molar-refractivity contribution in [1.82, 2.24) is 10.6 Å². The molecule has 0 saturated carbocycles. The first kappa shape index (κ1) is 14.3. The summed E-state index contributed by atoms with van der Waals surface area (Å²) in [5, 5.41) is 6.88. The molecule has 0 bridgehead atoms. The number of rotatable bonds is 5. The zero-order valence-corrected chi connectivity index (χ0v) is 11.9. The summed E-state index contributed by atoms with van der Waals surface area (Å²) in [6.07, 6.45) is 1.15. The van der Waals surface area contributed by atoms with Crippen LogP contribution in [-0.4, -0.2) is 32.8 Å². The van der Waals surface area contributed by atoms with Crippen molar-refractivity contribution in [2.24, 2.45) is 0 Å². The van der Waals surface area contributed by atoms with Crippen LogP contribution in [-0.2, 0) is 5.41 Å². The van der Waals surface area contributed by atoms with Crippen molar-refractivity contribution in [3.8, 4) is 5.75 Å². The van der Waals surface area contributed by atoms with E-state index in [-0.39, 0.29) is 11.2 Å². The van der Waals surface area contributed by atoms with Crippen LogP contribution in [0.5, 0.6) is 5.75 Å². The molecule has 1 aromatic carbocycles. The summed E-state index contributed by atoms with van der Waals surface area (Å²) in [5.74, 6) is 0.532. The Bertz CT molecular complexity index is 428. The Hall–Kier alpha value is -1.13. The van der Waals surface area contributed by atoms with Gasteiger partial charge in [0.1, 0.15) is 11.6 Å². The number of benzene rings is 1. The van der Waals surface area contributed by atoms with Crippen molar-refractivity contribution < 1.29 is 9.13 Å². The number of halogens is 1. The second kappa shape index (κ2) is 5.88. The summed E-state index contributed by atoms with van der Waals surface area (Å²) >= 11 is 0. The third kappa shape index (κ3) is 3.45. The molecule has 3 nitrogen and oxygen atoms in total. The minimum absolute atomic E-state index is 0.171. The second-order valence-corrected chi connectivity index (χ2v) is 5.80. The van der Waals surface area contributed by atoms with Crippen molar-refractivity contribution in [2.45, 2.75) is 31.7 Å². The van der Waals surface area contributed by atoms with E-state index in [0.29, 0.717) is 6.04 Å². The van der Waals surface area contributed by atoms with Crippen LogP contribution in [0.3, 0.4) is 0 Å². The molecule has 1 fully saturated rings. The molecule has 1 saturated heterocycles. The van der Waals surface area contributed by atoms with Crippen LogP contribution >= 0.6 is 0 Å². The zero-order chi connectivity index (χ0) is 13.9. The van der Waals surface area contributed by atoms with Gasteiger partial charge in [-0.05, 0) is 31.2 Å². The second-order valence-electron chi connectivity index (χ2n) is 5.80. The predicted molar refractivity (Wildman–Crippen MR) is 75.3 cm³/mol. The lowest BCUT2D eigenvalue weighted by atomic mass is 9.83. The van der Waals surface area contributed by atoms with Gasteiger partial charge in [-0.15, -0.1) is 0 Å². The van der Waals surface area contributed by atoms with Crippen molar-refractivity contribution in [1.29, 1.82) is 0 Å². The van der Waals surface area contributed by atoms with Gasteiger partial charge in [0.25, 0.3) is 0 Å². The van der Waals surface area contributed by atoms with E-state index >= 15 is 0 Å². The molecule has 1 atom stereocenters. The Balaban J connectivity index is 2.10. The molecule has 2 N–H and O–H groups in total. The van der Waals surface area contributed by atoms with E-state index in [1.807, 2.05) is 0 Å². The van der Waals surface area contributed by atoms with Crippen molar-refractivity contribution in [3.63, 3.8) is 0 Å². The van der Waals surface area contributed by atoms with Crippen LogP contribution in [0.25, 0.3) is 0 Å². The number of nitrogens with one attached hydrogen (secondary N) is 2. The first-order valence-corrected chi connectivity index (χ1v) is 6.81. The monoisotopic (exact) mass is 266 g/mol. The summed E-state index contributed by atoms with van der Waals surface area (Å²) < 4.78 is 18.8. The maximum Gasteiger partial charge on any atom is 0.123 e. The Morgan fingerprint density at radius 1 is 1.47 bits per heavy atom. The van der Waals surface area contributed by atoms with Gasteiger partial charge in [0, 0.05) is 30.1 Å². The summed E-state index contributed by atoms with van der Waals surface area (Å²) in [4.78, 5) is 0. The van der Waals surface area contributed by atoms with Crippen molar-refractivity contribution in [3.05, 3.63) is 29.6 Å². The third-order valence-electron chi connectivity index (χ3n) is 3.78. The Labute approximate surface area is 114 Å². The fourth-order valence-corrected chi connectivity index (χ4v) is 2.53. The molecule has 1 aliphatic heterocycles. The van der Waals surface area contributed by atoms with Crippen LogP contribution < -0.4 is 15.4 Å². The van der Waals surface area contributed by atoms with Crippen LogP contribution in [0.4, 0.5) is 4.39 Å². The molecule has 0 radical (unpaired) electrons. The Kier molecular flexibility index (Phi) is 4.42. The van der Waals surface area contributed by atoms with Gasteiger partial charge < -0.3 is 15.4 Å². The average molecular weight is 266 g/mol. The molecular formula is C15H23FN2O. The highest BCUT2D eigenvalue weighted by atomic mass is 19.1. The van der Waals surface area contributed by atoms with E-state index in [2.05, 4.69) is 24.5 Å². The molecule has 106 valence electrons. The molecule has 4 heteroatoms. The van der Waals surface area contributed by atoms with Gasteiger partial charge in [-0.25, -0.2) is 4.39 Å². The van der Waals surface area contributed by atoms with Crippen LogP contribution in [0.1, 0.15) is 25.8 Å². The highest BCUT2D eigenvalue weighted by Crippen LogP contribution is 2.32. The molecule has 2 rings (SSSR count). The van der Waals surface area contributed by atoms with Crippen molar-refractivity contribution in [2.75, 3.05) is 26.7 Å². The van der Waals surface area contributed by atoms with E-state index < -0.39 is 0 Å². The SMILES string of the molecule is COc1ccc(F)cc1C(C)(C)CNC1CCNC1. The first-order valence-electron chi connectivity index (χ1n) is 6.81.